The van der Waals surface area contributed by atoms with E-state index in [1.807, 2.05) is 6.92 Å². The van der Waals surface area contributed by atoms with Crippen molar-refractivity contribution in [1.82, 2.24) is 4.72 Å². The molecule has 0 amide bonds. The monoisotopic (exact) mass is 380 g/mol. The van der Waals surface area contributed by atoms with Crippen molar-refractivity contribution in [3.63, 3.8) is 0 Å². The minimum absolute atomic E-state index is 0.0303. The summed E-state index contributed by atoms with van der Waals surface area (Å²) in [5.74, 6) is 0. The molecule has 0 saturated heterocycles. The van der Waals surface area contributed by atoms with Crippen LogP contribution < -0.4 is 4.72 Å². The predicted molar refractivity (Wildman–Crippen MR) is 111 cm³/mol. The first-order valence-electron chi connectivity index (χ1n) is 10.6. The van der Waals surface area contributed by atoms with Crippen LogP contribution >= 0.6 is 0 Å². The molecule has 0 saturated carbocycles. The van der Waals surface area contributed by atoms with Crippen LogP contribution in [0.2, 0.25) is 0 Å². The zero-order valence-corrected chi connectivity index (χ0v) is 17.6. The van der Waals surface area contributed by atoms with Gasteiger partial charge in [-0.15, -0.1) is 0 Å². The summed E-state index contributed by atoms with van der Waals surface area (Å²) in [5.41, 5.74) is 0. The van der Waals surface area contributed by atoms with Crippen LogP contribution in [-0.2, 0) is 10.0 Å². The molecule has 26 heavy (non-hydrogen) atoms. The van der Waals surface area contributed by atoms with Gasteiger partial charge in [0, 0.05) is 6.04 Å². The van der Waals surface area contributed by atoms with Crippen molar-refractivity contribution >= 4 is 10.0 Å². The van der Waals surface area contributed by atoms with Gasteiger partial charge in [0.1, 0.15) is 0 Å². The Hall–Kier alpha value is -0.870. The molecular formula is C22H38NO2S. The molecule has 0 aliphatic rings. The highest BCUT2D eigenvalue weighted by molar-refractivity contribution is 7.89. The van der Waals surface area contributed by atoms with Crippen molar-refractivity contribution in [2.24, 2.45) is 0 Å². The zero-order valence-electron chi connectivity index (χ0n) is 16.8. The standard InChI is InChI=1S/C22H38NO2S/c1-3-5-6-7-8-9-10-11-12-13-15-18-21(4-2)23-26(24,25)22-19-16-14-17-20-22/h16-17,19-21,23H,3-13,15,18H2,1-2H3. The van der Waals surface area contributed by atoms with Gasteiger partial charge in [-0.2, -0.15) is 0 Å². The molecule has 0 heterocycles. The summed E-state index contributed by atoms with van der Waals surface area (Å²) in [6.45, 7) is 4.30. The lowest BCUT2D eigenvalue weighted by atomic mass is 10.0. The lowest BCUT2D eigenvalue weighted by Gasteiger charge is -2.17. The summed E-state index contributed by atoms with van der Waals surface area (Å²) in [6, 6.07) is 9.35. The highest BCUT2D eigenvalue weighted by Gasteiger charge is 2.18. The van der Waals surface area contributed by atoms with Gasteiger partial charge in [0.2, 0.25) is 10.0 Å². The molecule has 1 N–H and O–H groups in total. The molecule has 0 fully saturated rings. The lowest BCUT2D eigenvalue weighted by molar-refractivity contribution is 0.482. The van der Waals surface area contributed by atoms with Crippen LogP contribution in [0.15, 0.2) is 29.2 Å². The number of benzene rings is 1. The highest BCUT2D eigenvalue weighted by atomic mass is 32.2. The average molecular weight is 381 g/mol. The van der Waals surface area contributed by atoms with Gasteiger partial charge in [-0.05, 0) is 31.0 Å². The molecule has 0 aromatic heterocycles. The molecule has 1 radical (unpaired) electrons. The van der Waals surface area contributed by atoms with Crippen LogP contribution in [0, 0.1) is 6.07 Å². The van der Waals surface area contributed by atoms with E-state index in [0.717, 1.165) is 19.3 Å². The van der Waals surface area contributed by atoms with E-state index >= 15 is 0 Å². The van der Waals surface area contributed by atoms with Gasteiger partial charge in [0.15, 0.2) is 0 Å². The van der Waals surface area contributed by atoms with Crippen molar-refractivity contribution in [1.29, 1.82) is 0 Å². The highest BCUT2D eigenvalue weighted by Crippen LogP contribution is 2.15. The molecule has 1 aromatic rings. The molecule has 1 atom stereocenters. The molecular weight excluding hydrogens is 342 g/mol. The van der Waals surface area contributed by atoms with Crippen molar-refractivity contribution in [3.05, 3.63) is 30.3 Å². The van der Waals surface area contributed by atoms with Crippen LogP contribution in [0.5, 0.6) is 0 Å². The number of hydrogen-bond donors (Lipinski definition) is 1. The zero-order chi connectivity index (χ0) is 19.1. The molecule has 1 aromatic carbocycles. The summed E-state index contributed by atoms with van der Waals surface area (Å²) in [6.07, 6.45) is 16.2. The summed E-state index contributed by atoms with van der Waals surface area (Å²) in [5, 5.41) is 0. The fourth-order valence-corrected chi connectivity index (χ4v) is 4.59. The maximum Gasteiger partial charge on any atom is 0.240 e. The SMILES string of the molecule is CCCCCCCCCCCCCC(CC)NS(=O)(=O)c1cc[c]cc1. The van der Waals surface area contributed by atoms with Crippen LogP contribution in [0.1, 0.15) is 97.3 Å². The molecule has 0 bridgehead atoms. The van der Waals surface area contributed by atoms with Crippen LogP contribution in [-0.4, -0.2) is 14.5 Å². The van der Waals surface area contributed by atoms with Gasteiger partial charge in [0.05, 0.1) is 4.90 Å². The molecule has 1 rings (SSSR count). The Morgan fingerprint density at radius 2 is 1.35 bits per heavy atom. The minimum atomic E-state index is -3.41. The van der Waals surface area contributed by atoms with E-state index in [1.165, 1.54) is 64.2 Å². The normalized spacial score (nSPS) is 13.0. The second-order valence-electron chi connectivity index (χ2n) is 7.29. The van der Waals surface area contributed by atoms with E-state index in [1.54, 1.807) is 24.3 Å². The average Bonchev–Trinajstić information content (AvgIpc) is 2.65. The molecule has 1 unspecified atom stereocenters. The Labute approximate surface area is 162 Å². The van der Waals surface area contributed by atoms with Crippen LogP contribution in [0.4, 0.5) is 0 Å². The topological polar surface area (TPSA) is 46.2 Å². The summed E-state index contributed by atoms with van der Waals surface area (Å²) in [7, 11) is -3.41. The van der Waals surface area contributed by atoms with Crippen molar-refractivity contribution in [2.45, 2.75) is 108 Å². The molecule has 0 aliphatic carbocycles. The number of rotatable bonds is 16. The van der Waals surface area contributed by atoms with Crippen LogP contribution in [0.25, 0.3) is 0 Å². The first kappa shape index (κ1) is 23.2. The van der Waals surface area contributed by atoms with E-state index in [0.29, 0.717) is 4.90 Å². The molecule has 4 heteroatoms. The third-order valence-corrected chi connectivity index (χ3v) is 6.51. The molecule has 3 nitrogen and oxygen atoms in total. The van der Waals surface area contributed by atoms with Gasteiger partial charge in [-0.3, -0.25) is 0 Å². The second-order valence-corrected chi connectivity index (χ2v) is 9.00. The number of nitrogens with one attached hydrogen (secondary N) is 1. The molecule has 0 spiro atoms. The fourth-order valence-electron chi connectivity index (χ4n) is 3.24. The summed E-state index contributed by atoms with van der Waals surface area (Å²) >= 11 is 0. The number of hydrogen-bond acceptors (Lipinski definition) is 2. The van der Waals surface area contributed by atoms with Crippen molar-refractivity contribution in [3.8, 4) is 0 Å². The maximum atomic E-state index is 12.4. The predicted octanol–water partition coefficient (Wildman–Crippen LogP) is 6.24. The summed E-state index contributed by atoms with van der Waals surface area (Å²) < 4.78 is 27.6. The van der Waals surface area contributed by atoms with Gasteiger partial charge < -0.3 is 0 Å². The minimum Gasteiger partial charge on any atom is -0.208 e. The third-order valence-electron chi connectivity index (χ3n) is 4.97. The largest absolute Gasteiger partial charge is 0.240 e. The Kier molecular flexibility index (Phi) is 12.7. The second kappa shape index (κ2) is 14.2. The Bertz CT molecular complexity index is 543. The number of unbranched alkanes of at least 4 members (excludes halogenated alkanes) is 10. The summed E-state index contributed by atoms with van der Waals surface area (Å²) in [4.78, 5) is 0.327. The molecule has 149 valence electrons. The Balaban J connectivity index is 2.11. The van der Waals surface area contributed by atoms with Gasteiger partial charge >= 0.3 is 0 Å². The van der Waals surface area contributed by atoms with E-state index < -0.39 is 10.0 Å². The van der Waals surface area contributed by atoms with E-state index in [2.05, 4.69) is 17.7 Å². The first-order chi connectivity index (χ1) is 12.6. The maximum absolute atomic E-state index is 12.4. The van der Waals surface area contributed by atoms with Gasteiger partial charge in [-0.25, -0.2) is 13.1 Å². The van der Waals surface area contributed by atoms with Gasteiger partial charge in [0.25, 0.3) is 0 Å². The number of sulfonamides is 1. The van der Waals surface area contributed by atoms with Gasteiger partial charge in [-0.1, -0.05) is 96.6 Å². The van der Waals surface area contributed by atoms with E-state index in [9.17, 15) is 8.42 Å². The first-order valence-corrected chi connectivity index (χ1v) is 12.1. The van der Waals surface area contributed by atoms with Crippen LogP contribution in [0.3, 0.4) is 0 Å². The molecule has 0 aliphatic heterocycles. The smallest absolute Gasteiger partial charge is 0.208 e. The fraction of sp³-hybridized carbons (Fsp3) is 0.727. The van der Waals surface area contributed by atoms with E-state index in [4.69, 9.17) is 0 Å². The lowest BCUT2D eigenvalue weighted by Crippen LogP contribution is -2.34. The Morgan fingerprint density at radius 3 is 1.85 bits per heavy atom. The third kappa shape index (κ3) is 10.3. The van der Waals surface area contributed by atoms with Crippen molar-refractivity contribution < 1.29 is 8.42 Å². The Morgan fingerprint density at radius 1 is 0.846 bits per heavy atom. The van der Waals surface area contributed by atoms with Crippen molar-refractivity contribution in [2.75, 3.05) is 0 Å². The quantitative estimate of drug-likeness (QED) is 0.345. The van der Waals surface area contributed by atoms with E-state index in [-0.39, 0.29) is 6.04 Å².